The van der Waals surface area contributed by atoms with Crippen molar-refractivity contribution in [3.8, 4) is 5.75 Å². The third kappa shape index (κ3) is 6.47. The molecule has 0 aromatic heterocycles. The fourth-order valence-corrected chi connectivity index (χ4v) is 3.07. The number of nitrogens with one attached hydrogen (secondary N) is 1. The summed E-state index contributed by atoms with van der Waals surface area (Å²) in [5.74, 6) is 0.254. The first-order valence-electron chi connectivity index (χ1n) is 9.33. The third-order valence-corrected chi connectivity index (χ3v) is 4.75. The van der Waals surface area contributed by atoms with Crippen molar-refractivity contribution in [1.29, 1.82) is 0 Å². The third-order valence-electron chi connectivity index (χ3n) is 4.42. The van der Waals surface area contributed by atoms with Crippen molar-refractivity contribution >= 4 is 29.4 Å². The summed E-state index contributed by atoms with van der Waals surface area (Å²) in [7, 11) is 0. The molecule has 30 heavy (non-hydrogen) atoms. The van der Waals surface area contributed by atoms with Crippen LogP contribution < -0.4 is 10.1 Å². The highest BCUT2D eigenvalue weighted by Gasteiger charge is 2.33. The molecule has 1 amide bonds. The van der Waals surface area contributed by atoms with Gasteiger partial charge in [-0.3, -0.25) is 9.79 Å². The van der Waals surface area contributed by atoms with Gasteiger partial charge in [0.2, 0.25) is 0 Å². The average Bonchev–Trinajstić information content (AvgIpc) is 3.24. The zero-order valence-electron chi connectivity index (χ0n) is 15.9. The van der Waals surface area contributed by atoms with Gasteiger partial charge in [0.1, 0.15) is 5.75 Å². The molecule has 1 N–H and O–H groups in total. The minimum absolute atomic E-state index is 0.0698. The van der Waals surface area contributed by atoms with Gasteiger partial charge in [0, 0.05) is 19.4 Å². The van der Waals surface area contributed by atoms with Gasteiger partial charge in [-0.1, -0.05) is 11.6 Å². The van der Waals surface area contributed by atoms with E-state index in [9.17, 15) is 18.0 Å². The van der Waals surface area contributed by atoms with Gasteiger partial charge in [0.25, 0.3) is 5.91 Å². The van der Waals surface area contributed by atoms with E-state index in [0.29, 0.717) is 17.9 Å². The number of ether oxygens (including phenoxy) is 2. The van der Waals surface area contributed by atoms with Crippen LogP contribution in [0, 0.1) is 0 Å². The normalized spacial score (nSPS) is 16.7. The molecule has 2 aromatic carbocycles. The van der Waals surface area contributed by atoms with Gasteiger partial charge in [-0.25, -0.2) is 0 Å². The van der Waals surface area contributed by atoms with E-state index < -0.39 is 11.7 Å². The largest absolute Gasteiger partial charge is 0.484 e. The van der Waals surface area contributed by atoms with Crippen LogP contribution in [0.25, 0.3) is 0 Å². The second-order valence-corrected chi connectivity index (χ2v) is 7.12. The first kappa shape index (κ1) is 22.1. The first-order valence-corrected chi connectivity index (χ1v) is 9.71. The van der Waals surface area contributed by atoms with Crippen LogP contribution in [0.4, 0.5) is 18.9 Å². The Morgan fingerprint density at radius 2 is 2.03 bits per heavy atom. The molecule has 0 bridgehead atoms. The second kappa shape index (κ2) is 9.95. The maximum absolute atomic E-state index is 12.9. The van der Waals surface area contributed by atoms with Crippen molar-refractivity contribution in [2.75, 3.05) is 19.8 Å². The molecule has 1 atom stereocenters. The van der Waals surface area contributed by atoms with Gasteiger partial charge >= 0.3 is 6.18 Å². The number of hydrogen-bond donors (Lipinski definition) is 1. The topological polar surface area (TPSA) is 59.9 Å². The molecule has 9 heteroatoms. The lowest BCUT2D eigenvalue weighted by Crippen LogP contribution is -2.35. The van der Waals surface area contributed by atoms with E-state index in [1.807, 2.05) is 0 Å². The van der Waals surface area contributed by atoms with Crippen LogP contribution in [0.1, 0.15) is 24.0 Å². The molecule has 0 spiro atoms. The number of alkyl halides is 3. The number of carbonyl (C=O) groups is 1. The number of halogens is 4. The van der Waals surface area contributed by atoms with Gasteiger partial charge in [0.15, 0.2) is 6.61 Å². The van der Waals surface area contributed by atoms with Crippen LogP contribution in [0.2, 0.25) is 5.02 Å². The average molecular weight is 441 g/mol. The molecule has 0 unspecified atom stereocenters. The summed E-state index contributed by atoms with van der Waals surface area (Å²) in [6.45, 7) is 1.08. The van der Waals surface area contributed by atoms with E-state index in [2.05, 4.69) is 10.3 Å². The van der Waals surface area contributed by atoms with Crippen LogP contribution >= 0.6 is 11.6 Å². The van der Waals surface area contributed by atoms with E-state index in [-0.39, 0.29) is 29.3 Å². The second-order valence-electron chi connectivity index (χ2n) is 6.72. The summed E-state index contributed by atoms with van der Waals surface area (Å²) in [5.41, 5.74) is -0.135. The Hall–Kier alpha value is -2.58. The van der Waals surface area contributed by atoms with Gasteiger partial charge in [-0.2, -0.15) is 13.2 Å². The van der Waals surface area contributed by atoms with Gasteiger partial charge < -0.3 is 14.8 Å². The smallest absolute Gasteiger partial charge is 0.417 e. The standard InChI is InChI=1S/C21H20ClF3N2O3/c22-19-8-5-15(10-18(19)21(23,24)25)26-11-14-3-6-16(7-4-14)30-13-20(28)27-12-17-2-1-9-29-17/h3-8,10-11,17H,1-2,9,12-13H2,(H,27,28)/t17-/m1/s1. The number of nitrogens with zero attached hydrogens (tertiary/aromatic N) is 1. The SMILES string of the molecule is O=C(COc1ccc(C=Nc2ccc(Cl)c(C(F)(F)F)c2)cc1)NC[C@H]1CCCO1. The van der Waals surface area contributed by atoms with Crippen LogP contribution in [-0.4, -0.2) is 38.0 Å². The molecule has 1 heterocycles. The fourth-order valence-electron chi connectivity index (χ4n) is 2.84. The van der Waals surface area contributed by atoms with Crippen molar-refractivity contribution in [2.24, 2.45) is 4.99 Å². The minimum Gasteiger partial charge on any atom is -0.484 e. The van der Waals surface area contributed by atoms with Gasteiger partial charge in [-0.15, -0.1) is 0 Å². The van der Waals surface area contributed by atoms with Crippen molar-refractivity contribution in [3.63, 3.8) is 0 Å². The van der Waals surface area contributed by atoms with Crippen molar-refractivity contribution in [3.05, 3.63) is 58.6 Å². The molecule has 0 saturated carbocycles. The zero-order chi connectivity index (χ0) is 21.6. The number of carbonyl (C=O) groups excluding carboxylic acids is 1. The summed E-state index contributed by atoms with van der Waals surface area (Å²) in [6.07, 6.45) is -1.09. The molecule has 1 aliphatic heterocycles. The Morgan fingerprint density at radius 3 is 2.70 bits per heavy atom. The highest BCUT2D eigenvalue weighted by Crippen LogP contribution is 2.36. The molecule has 3 rings (SSSR count). The molecular formula is C21H20ClF3N2O3. The highest BCUT2D eigenvalue weighted by atomic mass is 35.5. The molecule has 160 valence electrons. The molecule has 1 saturated heterocycles. The summed E-state index contributed by atoms with van der Waals surface area (Å²) >= 11 is 5.60. The predicted molar refractivity (Wildman–Crippen MR) is 108 cm³/mol. The number of rotatable bonds is 7. The molecule has 1 fully saturated rings. The minimum atomic E-state index is -4.54. The van der Waals surface area contributed by atoms with Crippen molar-refractivity contribution < 1.29 is 27.4 Å². The van der Waals surface area contributed by atoms with Crippen LogP contribution in [-0.2, 0) is 15.7 Å². The maximum atomic E-state index is 12.9. The van der Waals surface area contributed by atoms with Gasteiger partial charge in [-0.05, 0) is 60.9 Å². The number of amides is 1. The number of benzene rings is 2. The Kier molecular flexibility index (Phi) is 7.33. The number of hydrogen-bond acceptors (Lipinski definition) is 4. The van der Waals surface area contributed by atoms with E-state index >= 15 is 0 Å². The molecule has 0 radical (unpaired) electrons. The Balaban J connectivity index is 1.51. The monoisotopic (exact) mass is 440 g/mol. The zero-order valence-corrected chi connectivity index (χ0v) is 16.7. The van der Waals surface area contributed by atoms with Crippen LogP contribution in [0.3, 0.4) is 0 Å². The van der Waals surface area contributed by atoms with E-state index in [1.54, 1.807) is 24.3 Å². The van der Waals surface area contributed by atoms with Gasteiger partial charge in [0.05, 0.1) is 22.4 Å². The van der Waals surface area contributed by atoms with Crippen LogP contribution in [0.15, 0.2) is 47.5 Å². The Bertz CT molecular complexity index is 895. The summed E-state index contributed by atoms with van der Waals surface area (Å²) in [6, 6.07) is 10.1. The van der Waals surface area contributed by atoms with Crippen molar-refractivity contribution in [1.82, 2.24) is 5.32 Å². The van der Waals surface area contributed by atoms with Crippen molar-refractivity contribution in [2.45, 2.75) is 25.1 Å². The quantitative estimate of drug-likeness (QED) is 0.630. The predicted octanol–water partition coefficient (Wildman–Crippen LogP) is 4.78. The first-order chi connectivity index (χ1) is 14.3. The summed E-state index contributed by atoms with van der Waals surface area (Å²) in [5, 5.41) is 2.39. The van der Waals surface area contributed by atoms with Crippen LogP contribution in [0.5, 0.6) is 5.75 Å². The highest BCUT2D eigenvalue weighted by molar-refractivity contribution is 6.31. The molecule has 2 aromatic rings. The van der Waals surface area contributed by atoms with E-state index in [0.717, 1.165) is 31.6 Å². The maximum Gasteiger partial charge on any atom is 0.417 e. The molecular weight excluding hydrogens is 421 g/mol. The molecule has 5 nitrogen and oxygen atoms in total. The fraction of sp³-hybridized carbons (Fsp3) is 0.333. The Labute approximate surface area is 176 Å². The lowest BCUT2D eigenvalue weighted by atomic mass is 10.2. The lowest BCUT2D eigenvalue weighted by molar-refractivity contribution is -0.137. The molecule has 1 aliphatic rings. The summed E-state index contributed by atoms with van der Waals surface area (Å²) < 4.78 is 49.6. The Morgan fingerprint density at radius 1 is 1.27 bits per heavy atom. The lowest BCUT2D eigenvalue weighted by Gasteiger charge is -2.11. The number of aliphatic imine (C=N–C) groups is 1. The summed E-state index contributed by atoms with van der Waals surface area (Å²) in [4.78, 5) is 15.9. The van der Waals surface area contributed by atoms with E-state index in [1.165, 1.54) is 12.3 Å². The van der Waals surface area contributed by atoms with E-state index in [4.69, 9.17) is 21.1 Å². The molecule has 0 aliphatic carbocycles.